The van der Waals surface area contributed by atoms with Crippen LogP contribution in [0.4, 0.5) is 4.39 Å². The number of carbonyl (C=O) groups excluding carboxylic acids is 1. The molecule has 2 fully saturated rings. The summed E-state index contributed by atoms with van der Waals surface area (Å²) < 4.78 is 29.4. The first-order valence-corrected chi connectivity index (χ1v) is 8.39. The van der Waals surface area contributed by atoms with Crippen molar-refractivity contribution in [3.8, 4) is 5.75 Å². The number of benzene rings is 1. The van der Waals surface area contributed by atoms with Crippen LogP contribution in [0.2, 0.25) is 0 Å². The molecule has 1 atom stereocenters. The second kappa shape index (κ2) is 7.49. The van der Waals surface area contributed by atoms with Crippen LogP contribution >= 0.6 is 0 Å². The van der Waals surface area contributed by atoms with Gasteiger partial charge in [-0.15, -0.1) is 0 Å². The fourth-order valence-electron chi connectivity index (χ4n) is 3.47. The summed E-state index contributed by atoms with van der Waals surface area (Å²) in [5.41, 5.74) is -0.178. The van der Waals surface area contributed by atoms with Crippen LogP contribution in [0.3, 0.4) is 0 Å². The molecule has 0 aliphatic carbocycles. The molecule has 2 aliphatic rings. The summed E-state index contributed by atoms with van der Waals surface area (Å²) in [6.07, 6.45) is 3.09. The summed E-state index contributed by atoms with van der Waals surface area (Å²) >= 11 is 0. The topological polar surface area (TPSA) is 48.0 Å². The van der Waals surface area contributed by atoms with Crippen LogP contribution in [-0.4, -0.2) is 56.4 Å². The monoisotopic (exact) mass is 337 g/mol. The predicted octanol–water partition coefficient (Wildman–Crippen LogP) is 2.25. The Morgan fingerprint density at radius 3 is 2.83 bits per heavy atom. The molecule has 1 aromatic rings. The van der Waals surface area contributed by atoms with Gasteiger partial charge in [0.2, 0.25) is 0 Å². The lowest BCUT2D eigenvalue weighted by Crippen LogP contribution is -2.67. The summed E-state index contributed by atoms with van der Waals surface area (Å²) in [5.74, 6) is 0.711. The first-order chi connectivity index (χ1) is 11.6. The molecule has 1 aromatic carbocycles. The minimum atomic E-state index is -0.323. The fraction of sp³-hybridized carbons (Fsp3) is 0.611. The highest BCUT2D eigenvalue weighted by atomic mass is 19.1. The van der Waals surface area contributed by atoms with Crippen LogP contribution < -0.4 is 4.74 Å². The molecule has 2 heterocycles. The molecule has 3 rings (SSSR count). The number of amides is 1. The second-order valence-electron chi connectivity index (χ2n) is 6.66. The van der Waals surface area contributed by atoms with Crippen molar-refractivity contribution < 1.29 is 23.4 Å². The molecule has 5 nitrogen and oxygen atoms in total. The van der Waals surface area contributed by atoms with Crippen molar-refractivity contribution in [1.29, 1.82) is 0 Å². The van der Waals surface area contributed by atoms with Crippen LogP contribution in [0.5, 0.6) is 5.75 Å². The van der Waals surface area contributed by atoms with E-state index in [2.05, 4.69) is 0 Å². The normalized spacial score (nSPS) is 22.2. The largest absolute Gasteiger partial charge is 0.484 e. The van der Waals surface area contributed by atoms with Gasteiger partial charge in [0, 0.05) is 20.3 Å². The Kier molecular flexibility index (Phi) is 5.36. The third-order valence-corrected chi connectivity index (χ3v) is 4.81. The van der Waals surface area contributed by atoms with Crippen molar-refractivity contribution in [2.75, 3.05) is 40.0 Å². The highest BCUT2D eigenvalue weighted by Crippen LogP contribution is 2.38. The maximum atomic E-state index is 12.8. The Balaban J connectivity index is 1.43. The zero-order chi connectivity index (χ0) is 17.0. The lowest BCUT2D eigenvalue weighted by Gasteiger charge is -2.53. The zero-order valence-electron chi connectivity index (χ0n) is 14.0. The van der Waals surface area contributed by atoms with Crippen LogP contribution in [-0.2, 0) is 14.3 Å². The fourth-order valence-corrected chi connectivity index (χ4v) is 3.47. The van der Waals surface area contributed by atoms with E-state index in [1.807, 2.05) is 0 Å². The van der Waals surface area contributed by atoms with Crippen molar-refractivity contribution in [2.45, 2.75) is 24.9 Å². The molecule has 1 spiro atoms. The number of halogens is 1. The van der Waals surface area contributed by atoms with Crippen molar-refractivity contribution in [3.05, 3.63) is 30.1 Å². The molecule has 24 heavy (non-hydrogen) atoms. The minimum Gasteiger partial charge on any atom is -0.484 e. The molecule has 2 saturated heterocycles. The molecule has 1 amide bonds. The van der Waals surface area contributed by atoms with Gasteiger partial charge in [-0.2, -0.15) is 0 Å². The van der Waals surface area contributed by atoms with E-state index in [4.69, 9.17) is 14.2 Å². The minimum absolute atomic E-state index is 0.0329. The summed E-state index contributed by atoms with van der Waals surface area (Å²) in [7, 11) is 1.72. The highest BCUT2D eigenvalue weighted by Gasteiger charge is 2.49. The Morgan fingerprint density at radius 1 is 1.38 bits per heavy atom. The van der Waals surface area contributed by atoms with E-state index in [0.717, 1.165) is 32.5 Å². The number of hydrogen-bond donors (Lipinski definition) is 0. The SMILES string of the molecule is COCC[C@H]1CCOC2(C1)CN(C(=O)COc1ccc(F)cc1)C2. The third-order valence-electron chi connectivity index (χ3n) is 4.81. The van der Waals surface area contributed by atoms with E-state index in [1.54, 1.807) is 12.0 Å². The molecule has 0 saturated carbocycles. The van der Waals surface area contributed by atoms with Gasteiger partial charge in [-0.25, -0.2) is 4.39 Å². The molecule has 0 radical (unpaired) electrons. The highest BCUT2D eigenvalue weighted by molar-refractivity contribution is 5.79. The molecular formula is C18H24FNO4. The Labute approximate surface area is 141 Å². The quantitative estimate of drug-likeness (QED) is 0.799. The number of ether oxygens (including phenoxy) is 3. The van der Waals surface area contributed by atoms with Crippen molar-refractivity contribution in [1.82, 2.24) is 4.90 Å². The van der Waals surface area contributed by atoms with Gasteiger partial charge in [0.25, 0.3) is 5.91 Å². The van der Waals surface area contributed by atoms with Gasteiger partial charge in [-0.1, -0.05) is 0 Å². The Bertz CT molecular complexity index is 557. The average molecular weight is 337 g/mol. The lowest BCUT2D eigenvalue weighted by molar-refractivity contribution is -0.190. The molecule has 6 heteroatoms. The van der Waals surface area contributed by atoms with Crippen molar-refractivity contribution >= 4 is 5.91 Å². The van der Waals surface area contributed by atoms with Gasteiger partial charge in [0.15, 0.2) is 6.61 Å². The predicted molar refractivity (Wildman–Crippen MR) is 86.4 cm³/mol. The van der Waals surface area contributed by atoms with Crippen molar-refractivity contribution in [3.63, 3.8) is 0 Å². The van der Waals surface area contributed by atoms with E-state index >= 15 is 0 Å². The number of hydrogen-bond acceptors (Lipinski definition) is 4. The van der Waals surface area contributed by atoms with Gasteiger partial charge < -0.3 is 19.1 Å². The van der Waals surface area contributed by atoms with Crippen LogP contribution in [0, 0.1) is 11.7 Å². The average Bonchev–Trinajstić information content (AvgIpc) is 2.57. The third kappa shape index (κ3) is 4.05. The van der Waals surface area contributed by atoms with Gasteiger partial charge in [0.1, 0.15) is 17.2 Å². The molecule has 2 aliphatic heterocycles. The number of likely N-dealkylation sites (tertiary alicyclic amines) is 1. The number of methoxy groups -OCH3 is 1. The summed E-state index contributed by atoms with van der Waals surface area (Å²) in [5, 5.41) is 0. The van der Waals surface area contributed by atoms with E-state index in [0.29, 0.717) is 24.8 Å². The van der Waals surface area contributed by atoms with Gasteiger partial charge in [-0.05, 0) is 49.4 Å². The maximum absolute atomic E-state index is 12.8. The smallest absolute Gasteiger partial charge is 0.260 e. The molecule has 0 bridgehead atoms. The maximum Gasteiger partial charge on any atom is 0.260 e. The summed E-state index contributed by atoms with van der Waals surface area (Å²) in [4.78, 5) is 14.0. The van der Waals surface area contributed by atoms with E-state index in [1.165, 1.54) is 24.3 Å². The first kappa shape index (κ1) is 17.2. The van der Waals surface area contributed by atoms with Crippen molar-refractivity contribution in [2.24, 2.45) is 5.92 Å². The molecular weight excluding hydrogens is 313 g/mol. The van der Waals surface area contributed by atoms with Crippen LogP contribution in [0.15, 0.2) is 24.3 Å². The zero-order valence-corrected chi connectivity index (χ0v) is 14.0. The van der Waals surface area contributed by atoms with E-state index < -0.39 is 0 Å². The second-order valence-corrected chi connectivity index (χ2v) is 6.66. The van der Waals surface area contributed by atoms with Crippen LogP contribution in [0.1, 0.15) is 19.3 Å². The van der Waals surface area contributed by atoms with Gasteiger partial charge >= 0.3 is 0 Å². The number of rotatable bonds is 6. The van der Waals surface area contributed by atoms with Gasteiger partial charge in [0.05, 0.1) is 13.1 Å². The Morgan fingerprint density at radius 2 is 2.12 bits per heavy atom. The summed E-state index contributed by atoms with van der Waals surface area (Å²) in [6.45, 7) is 2.75. The molecule has 132 valence electrons. The van der Waals surface area contributed by atoms with E-state index in [9.17, 15) is 9.18 Å². The van der Waals surface area contributed by atoms with E-state index in [-0.39, 0.29) is 23.9 Å². The first-order valence-electron chi connectivity index (χ1n) is 8.39. The summed E-state index contributed by atoms with van der Waals surface area (Å²) in [6, 6.07) is 5.67. The number of carbonyl (C=O) groups is 1. The number of nitrogens with zero attached hydrogens (tertiary/aromatic N) is 1. The molecule has 0 aromatic heterocycles. The standard InChI is InChI=1S/C18H24FNO4/c1-22-8-6-14-7-9-24-18(10-14)12-20(13-18)17(21)11-23-16-4-2-15(19)3-5-16/h2-5,14H,6-13H2,1H3/t14-/m0/s1. The lowest BCUT2D eigenvalue weighted by atomic mass is 9.79. The van der Waals surface area contributed by atoms with Crippen LogP contribution in [0.25, 0.3) is 0 Å². The Hall–Kier alpha value is -1.66. The van der Waals surface area contributed by atoms with Gasteiger partial charge in [-0.3, -0.25) is 4.79 Å². The molecule has 0 N–H and O–H groups in total. The molecule has 0 unspecified atom stereocenters.